The van der Waals surface area contributed by atoms with Crippen molar-refractivity contribution in [1.29, 1.82) is 0 Å². The maximum Gasteiger partial charge on any atom is 0.411 e. The number of hydrogen-bond acceptors (Lipinski definition) is 5. The Morgan fingerprint density at radius 2 is 1.79 bits per heavy atom. The normalized spacial score (nSPS) is 23.9. The summed E-state index contributed by atoms with van der Waals surface area (Å²) >= 11 is 0. The maximum atomic E-state index is 13.0. The zero-order valence-corrected chi connectivity index (χ0v) is 17.4. The number of ether oxygens (including phenoxy) is 2. The van der Waals surface area contributed by atoms with Gasteiger partial charge in [0.05, 0.1) is 18.6 Å². The molecular weight excluding hydrogens is 358 g/mol. The van der Waals surface area contributed by atoms with Gasteiger partial charge in [0.25, 0.3) is 0 Å². The van der Waals surface area contributed by atoms with Crippen LogP contribution in [-0.2, 0) is 16.1 Å². The van der Waals surface area contributed by atoms with Gasteiger partial charge in [-0.25, -0.2) is 9.59 Å². The number of carbonyl (C=O) groups excluding carboxylic acids is 2. The van der Waals surface area contributed by atoms with Crippen LogP contribution in [0.3, 0.4) is 0 Å². The Morgan fingerprint density at radius 3 is 2.39 bits per heavy atom. The summed E-state index contributed by atoms with van der Waals surface area (Å²) < 4.78 is 11.1. The van der Waals surface area contributed by atoms with Crippen LogP contribution in [0.2, 0.25) is 0 Å². The SMILES string of the molecule is CC1NC[C@@H](C)N(C(=O)OCc2ccccc2)C12CN(C(=O)OC(C)(C)C)C2. The zero-order valence-electron chi connectivity index (χ0n) is 17.4. The summed E-state index contributed by atoms with van der Waals surface area (Å²) in [7, 11) is 0. The minimum absolute atomic E-state index is 0.0275. The number of nitrogens with zero attached hydrogens (tertiary/aromatic N) is 2. The van der Waals surface area contributed by atoms with Gasteiger partial charge in [-0.2, -0.15) is 0 Å². The molecule has 154 valence electrons. The average Bonchev–Trinajstić information content (AvgIpc) is 2.58. The second-order valence-electron chi connectivity index (χ2n) is 8.83. The molecule has 0 aliphatic carbocycles. The number of nitrogens with one attached hydrogen (secondary N) is 1. The van der Waals surface area contributed by atoms with Gasteiger partial charge in [-0.1, -0.05) is 30.3 Å². The van der Waals surface area contributed by atoms with E-state index in [9.17, 15) is 9.59 Å². The highest BCUT2D eigenvalue weighted by Gasteiger charge is 2.58. The Labute approximate surface area is 167 Å². The van der Waals surface area contributed by atoms with Crippen LogP contribution in [0.5, 0.6) is 0 Å². The van der Waals surface area contributed by atoms with E-state index >= 15 is 0 Å². The number of rotatable bonds is 2. The van der Waals surface area contributed by atoms with Crippen LogP contribution in [0.4, 0.5) is 9.59 Å². The number of carbonyl (C=O) groups is 2. The average molecular weight is 389 g/mol. The van der Waals surface area contributed by atoms with Crippen molar-refractivity contribution in [2.75, 3.05) is 19.6 Å². The number of amides is 2. The predicted octanol–water partition coefficient (Wildman–Crippen LogP) is 2.99. The fraction of sp³-hybridized carbons (Fsp3) is 0.619. The smallest absolute Gasteiger partial charge is 0.411 e. The fourth-order valence-electron chi connectivity index (χ4n) is 3.92. The van der Waals surface area contributed by atoms with Gasteiger partial charge in [0, 0.05) is 18.6 Å². The molecule has 2 heterocycles. The Morgan fingerprint density at radius 1 is 1.14 bits per heavy atom. The highest BCUT2D eigenvalue weighted by atomic mass is 16.6. The summed E-state index contributed by atoms with van der Waals surface area (Å²) in [6, 6.07) is 9.66. The molecule has 0 saturated carbocycles. The predicted molar refractivity (Wildman–Crippen MR) is 106 cm³/mol. The lowest BCUT2D eigenvalue weighted by Crippen LogP contribution is -2.83. The Kier molecular flexibility index (Phi) is 5.57. The van der Waals surface area contributed by atoms with E-state index in [0.29, 0.717) is 19.6 Å². The van der Waals surface area contributed by atoms with Gasteiger partial charge in [-0.15, -0.1) is 0 Å². The lowest BCUT2D eigenvalue weighted by molar-refractivity contribution is -0.100. The monoisotopic (exact) mass is 389 g/mol. The van der Waals surface area contributed by atoms with Crippen molar-refractivity contribution in [2.24, 2.45) is 0 Å². The third-order valence-corrected chi connectivity index (χ3v) is 5.43. The number of benzene rings is 1. The van der Waals surface area contributed by atoms with E-state index in [-0.39, 0.29) is 30.9 Å². The van der Waals surface area contributed by atoms with Gasteiger partial charge in [-0.05, 0) is 40.2 Å². The third kappa shape index (κ3) is 4.09. The molecule has 0 radical (unpaired) electrons. The lowest BCUT2D eigenvalue weighted by atomic mass is 9.78. The fourth-order valence-corrected chi connectivity index (χ4v) is 3.92. The highest BCUT2D eigenvalue weighted by molar-refractivity contribution is 5.73. The van der Waals surface area contributed by atoms with Gasteiger partial charge in [0.1, 0.15) is 12.2 Å². The molecule has 1 spiro atoms. The standard InChI is InChI=1S/C21H31N3O4/c1-15-11-22-16(2)21(13-23(14-21)18(25)28-20(3,4)5)24(15)19(26)27-12-17-9-7-6-8-10-17/h6-10,15-16,22H,11-14H2,1-5H3/t15-,16?/m1/s1. The van der Waals surface area contributed by atoms with Crippen molar-refractivity contribution in [2.45, 2.75) is 64.4 Å². The van der Waals surface area contributed by atoms with Crippen molar-refractivity contribution >= 4 is 12.2 Å². The van der Waals surface area contributed by atoms with E-state index in [1.807, 2.05) is 62.9 Å². The van der Waals surface area contributed by atoms with Gasteiger partial charge in [0.2, 0.25) is 0 Å². The first-order chi connectivity index (χ1) is 13.1. The van der Waals surface area contributed by atoms with Crippen LogP contribution in [0.1, 0.15) is 40.2 Å². The summed E-state index contributed by atoms with van der Waals surface area (Å²) in [5, 5.41) is 3.46. The summed E-state index contributed by atoms with van der Waals surface area (Å²) in [6.07, 6.45) is -0.685. The molecule has 1 N–H and O–H groups in total. The molecule has 0 bridgehead atoms. The lowest BCUT2D eigenvalue weighted by Gasteiger charge is -2.61. The largest absolute Gasteiger partial charge is 0.445 e. The first kappa shape index (κ1) is 20.5. The molecule has 7 heteroatoms. The van der Waals surface area contributed by atoms with Crippen LogP contribution in [-0.4, -0.2) is 64.8 Å². The highest BCUT2D eigenvalue weighted by Crippen LogP contribution is 2.37. The van der Waals surface area contributed by atoms with Crippen LogP contribution < -0.4 is 5.32 Å². The quantitative estimate of drug-likeness (QED) is 0.842. The molecule has 7 nitrogen and oxygen atoms in total. The van der Waals surface area contributed by atoms with Crippen molar-refractivity contribution in [3.05, 3.63) is 35.9 Å². The van der Waals surface area contributed by atoms with Crippen molar-refractivity contribution in [1.82, 2.24) is 15.1 Å². The second kappa shape index (κ2) is 7.62. The van der Waals surface area contributed by atoms with Gasteiger partial charge < -0.3 is 19.7 Å². The second-order valence-corrected chi connectivity index (χ2v) is 8.83. The molecule has 3 rings (SSSR count). The summed E-state index contributed by atoms with van der Waals surface area (Å²) in [5.74, 6) is 0. The molecule has 2 amide bonds. The third-order valence-electron chi connectivity index (χ3n) is 5.43. The number of likely N-dealkylation sites (tertiary alicyclic amines) is 1. The van der Waals surface area contributed by atoms with Gasteiger partial charge in [-0.3, -0.25) is 4.90 Å². The number of hydrogen-bond donors (Lipinski definition) is 1. The van der Waals surface area contributed by atoms with E-state index in [2.05, 4.69) is 12.2 Å². The van der Waals surface area contributed by atoms with Crippen LogP contribution in [0.15, 0.2) is 30.3 Å². The van der Waals surface area contributed by atoms with Crippen molar-refractivity contribution < 1.29 is 19.1 Å². The molecule has 2 fully saturated rings. The Hall–Kier alpha value is -2.28. The molecule has 1 aromatic rings. The van der Waals surface area contributed by atoms with E-state index in [4.69, 9.17) is 9.47 Å². The molecule has 1 unspecified atom stereocenters. The molecule has 0 aromatic heterocycles. The molecule has 2 atom stereocenters. The van der Waals surface area contributed by atoms with Crippen molar-refractivity contribution in [3.63, 3.8) is 0 Å². The maximum absolute atomic E-state index is 13.0. The first-order valence-electron chi connectivity index (χ1n) is 9.84. The summed E-state index contributed by atoms with van der Waals surface area (Å²) in [6.45, 7) is 11.4. The molecule has 2 aliphatic rings. The van der Waals surface area contributed by atoms with E-state index < -0.39 is 11.1 Å². The van der Waals surface area contributed by atoms with Gasteiger partial charge >= 0.3 is 12.2 Å². The molecule has 1 aromatic carbocycles. The Bertz CT molecular complexity index is 710. The van der Waals surface area contributed by atoms with Crippen LogP contribution >= 0.6 is 0 Å². The Balaban J connectivity index is 1.69. The van der Waals surface area contributed by atoms with Gasteiger partial charge in [0.15, 0.2) is 0 Å². The van der Waals surface area contributed by atoms with Crippen LogP contribution in [0, 0.1) is 0 Å². The molecule has 2 saturated heterocycles. The van der Waals surface area contributed by atoms with Crippen LogP contribution in [0.25, 0.3) is 0 Å². The minimum Gasteiger partial charge on any atom is -0.445 e. The molecule has 28 heavy (non-hydrogen) atoms. The minimum atomic E-state index is -0.544. The topological polar surface area (TPSA) is 71.1 Å². The first-order valence-corrected chi connectivity index (χ1v) is 9.84. The zero-order chi connectivity index (χ0) is 20.5. The van der Waals surface area contributed by atoms with E-state index in [0.717, 1.165) is 5.56 Å². The summed E-state index contributed by atoms with van der Waals surface area (Å²) in [5.41, 5.74) is -0.0788. The number of piperazine rings is 1. The van der Waals surface area contributed by atoms with E-state index in [1.165, 1.54) is 0 Å². The van der Waals surface area contributed by atoms with Crippen molar-refractivity contribution in [3.8, 4) is 0 Å². The van der Waals surface area contributed by atoms with E-state index in [1.54, 1.807) is 4.90 Å². The molecule has 2 aliphatic heterocycles. The molecular formula is C21H31N3O4. The summed E-state index contributed by atoms with van der Waals surface area (Å²) in [4.78, 5) is 28.8.